The highest BCUT2D eigenvalue weighted by atomic mass is 16.5. The third-order valence-electron chi connectivity index (χ3n) is 4.16. The molecule has 9 nitrogen and oxygen atoms in total. The van der Waals surface area contributed by atoms with Gasteiger partial charge >= 0.3 is 0 Å². The molecule has 0 fully saturated rings. The van der Waals surface area contributed by atoms with Crippen LogP contribution >= 0.6 is 0 Å². The first-order valence-corrected chi connectivity index (χ1v) is 8.86. The third kappa shape index (κ3) is 3.83. The van der Waals surface area contributed by atoms with Crippen LogP contribution < -0.4 is 10.1 Å². The molecule has 0 saturated carbocycles. The summed E-state index contributed by atoms with van der Waals surface area (Å²) in [5.74, 6) is 1.85. The fraction of sp³-hybridized carbons (Fsp3) is 0.211. The first-order valence-electron chi connectivity index (χ1n) is 8.86. The highest BCUT2D eigenvalue weighted by molar-refractivity contribution is 5.57. The Morgan fingerprint density at radius 1 is 1.14 bits per heavy atom. The van der Waals surface area contributed by atoms with Gasteiger partial charge in [-0.05, 0) is 66.2 Å². The highest BCUT2D eigenvalue weighted by Gasteiger charge is 2.10. The summed E-state index contributed by atoms with van der Waals surface area (Å²) in [7, 11) is 0. The molecule has 0 saturated heterocycles. The molecule has 0 aliphatic rings. The number of rotatable bonds is 7. The molecule has 4 aromatic rings. The lowest BCUT2D eigenvalue weighted by Gasteiger charge is -2.09. The van der Waals surface area contributed by atoms with Gasteiger partial charge in [-0.3, -0.25) is 0 Å². The number of nitrogens with one attached hydrogen (secondary N) is 1. The summed E-state index contributed by atoms with van der Waals surface area (Å²) in [6.07, 6.45) is 1.55. The summed E-state index contributed by atoms with van der Waals surface area (Å²) in [6, 6.07) is 13.5. The van der Waals surface area contributed by atoms with Crippen molar-refractivity contribution in [3.05, 3.63) is 60.2 Å². The predicted octanol–water partition coefficient (Wildman–Crippen LogP) is 3.03. The minimum atomic E-state index is 0.407. The van der Waals surface area contributed by atoms with Crippen LogP contribution in [0.2, 0.25) is 0 Å². The first-order chi connectivity index (χ1) is 13.7. The lowest BCUT2D eigenvalue weighted by atomic mass is 10.2. The van der Waals surface area contributed by atoms with Crippen molar-refractivity contribution < 1.29 is 9.26 Å². The Bertz CT molecular complexity index is 1040. The van der Waals surface area contributed by atoms with Gasteiger partial charge in [-0.15, -0.1) is 5.10 Å². The molecule has 2 heterocycles. The molecule has 0 spiro atoms. The Balaban J connectivity index is 1.45. The lowest BCUT2D eigenvalue weighted by Crippen LogP contribution is -2.03. The number of benzene rings is 2. The van der Waals surface area contributed by atoms with E-state index >= 15 is 0 Å². The normalized spacial score (nSPS) is 10.8. The second-order valence-corrected chi connectivity index (χ2v) is 6.08. The molecule has 0 unspecified atom stereocenters. The zero-order chi connectivity index (χ0) is 19.3. The van der Waals surface area contributed by atoms with Crippen LogP contribution in [0, 0.1) is 6.92 Å². The Hall–Kier alpha value is -3.75. The van der Waals surface area contributed by atoms with E-state index < -0.39 is 0 Å². The fourth-order valence-corrected chi connectivity index (χ4v) is 2.70. The van der Waals surface area contributed by atoms with Gasteiger partial charge in [0.05, 0.1) is 18.8 Å². The van der Waals surface area contributed by atoms with E-state index in [1.54, 1.807) is 11.0 Å². The summed E-state index contributed by atoms with van der Waals surface area (Å²) >= 11 is 0. The van der Waals surface area contributed by atoms with Gasteiger partial charge < -0.3 is 14.6 Å². The number of ether oxygens (including phenoxy) is 1. The number of aryl methyl sites for hydroxylation is 1. The van der Waals surface area contributed by atoms with Crippen molar-refractivity contribution in [1.82, 2.24) is 30.3 Å². The number of nitrogens with zero attached hydrogens (tertiary/aromatic N) is 6. The molecule has 142 valence electrons. The SMILES string of the molecule is CCOc1ccc(-c2noc(CNc3cc(-n4cnnn4)ccc3C)n2)cc1. The van der Waals surface area contributed by atoms with Gasteiger partial charge in [0.25, 0.3) is 0 Å². The van der Waals surface area contributed by atoms with Crippen LogP contribution in [0.3, 0.4) is 0 Å². The molecule has 9 heteroatoms. The summed E-state index contributed by atoms with van der Waals surface area (Å²) in [6.45, 7) is 5.01. The summed E-state index contributed by atoms with van der Waals surface area (Å²) in [5.41, 5.74) is 3.76. The van der Waals surface area contributed by atoms with E-state index in [1.165, 1.54) is 0 Å². The van der Waals surface area contributed by atoms with E-state index in [9.17, 15) is 0 Å². The Morgan fingerprint density at radius 3 is 2.75 bits per heavy atom. The maximum absolute atomic E-state index is 5.45. The molecule has 0 atom stereocenters. The average Bonchev–Trinajstić information content (AvgIpc) is 3.41. The van der Waals surface area contributed by atoms with Gasteiger partial charge in [0.1, 0.15) is 12.1 Å². The van der Waals surface area contributed by atoms with Crippen molar-refractivity contribution in [3.63, 3.8) is 0 Å². The van der Waals surface area contributed by atoms with Gasteiger partial charge in [-0.1, -0.05) is 11.2 Å². The van der Waals surface area contributed by atoms with Crippen LogP contribution in [0.4, 0.5) is 5.69 Å². The van der Waals surface area contributed by atoms with Crippen molar-refractivity contribution in [2.45, 2.75) is 20.4 Å². The zero-order valence-electron chi connectivity index (χ0n) is 15.5. The molecule has 0 amide bonds. The summed E-state index contributed by atoms with van der Waals surface area (Å²) < 4.78 is 12.4. The Kier molecular flexibility index (Phi) is 4.96. The zero-order valence-corrected chi connectivity index (χ0v) is 15.5. The molecule has 0 aliphatic carbocycles. The minimum Gasteiger partial charge on any atom is -0.494 e. The second kappa shape index (κ2) is 7.87. The van der Waals surface area contributed by atoms with Crippen molar-refractivity contribution in [1.29, 1.82) is 0 Å². The smallest absolute Gasteiger partial charge is 0.246 e. The molecular weight excluding hydrogens is 358 g/mol. The average molecular weight is 377 g/mol. The molecular formula is C19H19N7O2. The molecule has 28 heavy (non-hydrogen) atoms. The highest BCUT2D eigenvalue weighted by Crippen LogP contribution is 2.22. The van der Waals surface area contributed by atoms with Crippen LogP contribution in [-0.4, -0.2) is 37.0 Å². The predicted molar refractivity (Wildman–Crippen MR) is 102 cm³/mol. The fourth-order valence-electron chi connectivity index (χ4n) is 2.70. The van der Waals surface area contributed by atoms with Crippen LogP contribution in [0.25, 0.3) is 17.1 Å². The Labute approximate surface area is 161 Å². The maximum Gasteiger partial charge on any atom is 0.246 e. The summed E-state index contributed by atoms with van der Waals surface area (Å²) in [5, 5.41) is 18.6. The standard InChI is InChI=1S/C19H19N7O2/c1-3-27-16-8-5-14(6-9-16)19-22-18(28-23-19)11-20-17-10-15(7-4-13(17)2)26-12-21-24-25-26/h4-10,12,20H,3,11H2,1-2H3. The van der Waals surface area contributed by atoms with Crippen molar-refractivity contribution in [3.8, 4) is 22.8 Å². The van der Waals surface area contributed by atoms with Gasteiger partial charge in [0.2, 0.25) is 11.7 Å². The van der Waals surface area contributed by atoms with Crippen LogP contribution in [0.15, 0.2) is 53.3 Å². The van der Waals surface area contributed by atoms with E-state index in [2.05, 4.69) is 31.0 Å². The van der Waals surface area contributed by atoms with E-state index in [4.69, 9.17) is 9.26 Å². The molecule has 0 bridgehead atoms. The monoisotopic (exact) mass is 377 g/mol. The molecule has 0 aliphatic heterocycles. The molecule has 2 aromatic heterocycles. The maximum atomic E-state index is 5.45. The lowest BCUT2D eigenvalue weighted by molar-refractivity contribution is 0.340. The third-order valence-corrected chi connectivity index (χ3v) is 4.16. The van der Waals surface area contributed by atoms with Crippen molar-refractivity contribution in [2.75, 3.05) is 11.9 Å². The van der Waals surface area contributed by atoms with Crippen LogP contribution in [0.1, 0.15) is 18.4 Å². The Morgan fingerprint density at radius 2 is 2.00 bits per heavy atom. The van der Waals surface area contributed by atoms with Gasteiger partial charge in [-0.2, -0.15) is 4.98 Å². The van der Waals surface area contributed by atoms with Gasteiger partial charge in [-0.25, -0.2) is 4.68 Å². The molecule has 2 aromatic carbocycles. The number of hydrogen-bond donors (Lipinski definition) is 1. The van der Waals surface area contributed by atoms with Crippen LogP contribution in [0.5, 0.6) is 5.75 Å². The second-order valence-electron chi connectivity index (χ2n) is 6.08. The molecule has 0 radical (unpaired) electrons. The largest absolute Gasteiger partial charge is 0.494 e. The van der Waals surface area contributed by atoms with Gasteiger partial charge in [0, 0.05) is 11.3 Å². The van der Waals surface area contributed by atoms with E-state index in [0.717, 1.165) is 28.3 Å². The number of hydrogen-bond acceptors (Lipinski definition) is 8. The number of tetrazole rings is 1. The summed E-state index contributed by atoms with van der Waals surface area (Å²) in [4.78, 5) is 4.45. The topological polar surface area (TPSA) is 104 Å². The van der Waals surface area contributed by atoms with Crippen molar-refractivity contribution in [2.24, 2.45) is 0 Å². The van der Waals surface area contributed by atoms with E-state index in [0.29, 0.717) is 24.9 Å². The quantitative estimate of drug-likeness (QED) is 0.524. The van der Waals surface area contributed by atoms with Gasteiger partial charge in [0.15, 0.2) is 0 Å². The number of aromatic nitrogens is 6. The van der Waals surface area contributed by atoms with E-state index in [1.807, 2.05) is 56.3 Å². The molecule has 1 N–H and O–H groups in total. The molecule has 4 rings (SSSR count). The number of anilines is 1. The minimum absolute atomic E-state index is 0.407. The van der Waals surface area contributed by atoms with Crippen LogP contribution in [-0.2, 0) is 6.54 Å². The van der Waals surface area contributed by atoms with Crippen molar-refractivity contribution >= 4 is 5.69 Å². The van der Waals surface area contributed by atoms with E-state index in [-0.39, 0.29) is 0 Å². The first kappa shape index (κ1) is 17.7.